The number of fused-ring (bicyclic) bond motifs is 12. The number of allylic oxidation sites excluding steroid dienone is 4. The predicted molar refractivity (Wildman–Crippen MR) is 569 cm³/mol. The molecule has 16 fully saturated rings. The topological polar surface area (TPSA) is 370 Å². The van der Waals surface area contributed by atoms with Crippen LogP contribution >= 0.6 is 15.9 Å². The molecule has 149 heavy (non-hydrogen) atoms. The van der Waals surface area contributed by atoms with Crippen LogP contribution in [0.25, 0.3) is 0 Å². The zero-order chi connectivity index (χ0) is 106. The van der Waals surface area contributed by atoms with Crippen molar-refractivity contribution in [1.82, 2.24) is 24.9 Å². The van der Waals surface area contributed by atoms with Crippen molar-refractivity contribution < 1.29 is 101 Å². The number of aromatic carboxylic acids is 3. The second kappa shape index (κ2) is 48.9. The van der Waals surface area contributed by atoms with E-state index in [9.17, 15) is 43.8 Å². The van der Waals surface area contributed by atoms with Crippen LogP contribution in [-0.4, -0.2) is 185 Å². The standard InChI is InChI=1S/C29H41NO5.2C28H39NO5.C22H35BrO2.C7H7NO3.C6H5NO3/c1-19-9-10-24-28(2,22(19)13-16-33-21-12-15-30-23(17-21)26(31)32-4)14-11-25-29(24,3)18-34-27(35-25)20-7-5-6-8-20;2*1-18-8-9-23-27(2,21(18)12-15-32-20-11-14-29-22(16-20)25(30)31)13-10-24-28(23,3)17-33-26(34-24)19-6-4-5-7-19;1-15-8-9-18-21(2,17(15)11-13-23)12-10-19-22(18,3)14-24-20(25-19)16-6-4-5-7-16;1-11-7(10)6-4-5(9)2-3-8-6;8-4-1-2-7-5(3-4)6(9)10/h12,15,17,20,22,24-25,27H,1,5-11,13-14,16,18H2,2-4H3;2*11,14,16,19,21,23-24,26H,1,4-10,12-13,15,17H2,2-3H3,(H,30,31);16-20H,1,4-14H2,2-3H3;2-4H,1H3,(H,8,9);1-3H,(H,7,8)(H,9,10)/t22-,24?,25-,27-,28+,29+;2*21-,23?,24-,26-,27+,28+;17-,18?,19-,20-,21+,22+;;/m1111../s1. The summed E-state index contributed by atoms with van der Waals surface area (Å²) in [6, 6.07) is 14.7. The fourth-order valence-corrected chi connectivity index (χ4v) is 32.1. The summed E-state index contributed by atoms with van der Waals surface area (Å²) in [7, 11) is 2.61. The number of nitrogens with one attached hydrogen (secondary N) is 2. The van der Waals surface area contributed by atoms with Crippen LogP contribution in [0.5, 0.6) is 17.2 Å². The molecule has 816 valence electrons. The van der Waals surface area contributed by atoms with E-state index in [0.29, 0.717) is 120 Å². The second-order valence-electron chi connectivity index (χ2n) is 48.1. The number of ether oxygens (including phenoxy) is 13. The van der Waals surface area contributed by atoms with Crippen molar-refractivity contribution in [1.29, 1.82) is 0 Å². The summed E-state index contributed by atoms with van der Waals surface area (Å²) in [6.45, 7) is 42.5. The van der Waals surface area contributed by atoms with Gasteiger partial charge in [0.2, 0.25) is 0 Å². The van der Waals surface area contributed by atoms with Crippen LogP contribution in [0.4, 0.5) is 0 Å². The van der Waals surface area contributed by atoms with E-state index in [0.717, 1.165) is 134 Å². The Kier molecular flexibility index (Phi) is 37.0. The summed E-state index contributed by atoms with van der Waals surface area (Å²) in [5.74, 6) is 3.99. The summed E-state index contributed by atoms with van der Waals surface area (Å²) in [4.78, 5) is 93.2. The Morgan fingerprint density at radius 3 is 0.906 bits per heavy atom. The number of halogens is 1. The lowest BCUT2D eigenvalue weighted by Crippen LogP contribution is -2.62. The number of hydrogen-bond acceptors (Lipinski definition) is 23. The molecule has 4 saturated heterocycles. The summed E-state index contributed by atoms with van der Waals surface area (Å²) < 4.78 is 79.6. The van der Waals surface area contributed by atoms with Crippen LogP contribution in [0.15, 0.2) is 150 Å². The summed E-state index contributed by atoms with van der Waals surface area (Å²) >= 11 is 3.69. The maximum atomic E-state index is 11.8. The summed E-state index contributed by atoms with van der Waals surface area (Å²) in [6.07, 6.45) is 51.2. The Hall–Kier alpha value is -8.78. The molecule has 12 aliphatic carbocycles. The van der Waals surface area contributed by atoms with E-state index in [1.165, 1.54) is 226 Å². The van der Waals surface area contributed by atoms with Crippen molar-refractivity contribution in [2.24, 2.45) is 114 Å². The molecule has 24 atom stereocenters. The van der Waals surface area contributed by atoms with Crippen LogP contribution in [0.3, 0.4) is 0 Å². The monoisotopic (exact) mass is 2120 g/mol. The molecule has 0 radical (unpaired) electrons. The number of carbonyl (C=O) groups is 5. The van der Waals surface area contributed by atoms with Crippen molar-refractivity contribution in [3.05, 3.63) is 189 Å². The van der Waals surface area contributed by atoms with Crippen LogP contribution in [0.2, 0.25) is 0 Å². The minimum absolute atomic E-state index is 0.00192. The molecule has 5 aromatic heterocycles. The van der Waals surface area contributed by atoms with Crippen LogP contribution in [0.1, 0.15) is 339 Å². The maximum Gasteiger partial charge on any atom is 0.356 e. The molecule has 0 spiro atoms. The molecule has 0 amide bonds. The normalized spacial score (nSPS) is 35.6. The molecule has 28 nitrogen and oxygen atoms in total. The zero-order valence-electron chi connectivity index (χ0n) is 89.9. The number of methoxy groups -OCH3 is 2. The average Bonchev–Trinajstić information content (AvgIpc) is 0.789. The Balaban J connectivity index is 0.000000133. The number of pyridine rings is 5. The first-order chi connectivity index (χ1) is 71.4. The van der Waals surface area contributed by atoms with Gasteiger partial charge < -0.3 is 86.9 Å². The molecule has 21 rings (SSSR count). The Bertz CT molecular complexity index is 5460. The lowest BCUT2D eigenvalue weighted by Gasteiger charge is -2.63. The van der Waals surface area contributed by atoms with Crippen molar-refractivity contribution in [2.75, 3.05) is 65.8 Å². The van der Waals surface area contributed by atoms with Gasteiger partial charge in [-0.1, -0.05) is 171 Å². The fourth-order valence-electron chi connectivity index (χ4n) is 31.6. The third kappa shape index (κ3) is 24.6. The van der Waals surface area contributed by atoms with Gasteiger partial charge in [0.25, 0.3) is 0 Å². The third-order valence-electron chi connectivity index (χ3n) is 39.5. The Morgan fingerprint density at radius 2 is 0.638 bits per heavy atom. The van der Waals surface area contributed by atoms with Gasteiger partial charge in [-0.3, -0.25) is 9.59 Å². The number of alkyl halides is 1. The highest BCUT2D eigenvalue weighted by Gasteiger charge is 2.66. The maximum absolute atomic E-state index is 11.8. The van der Waals surface area contributed by atoms with Crippen molar-refractivity contribution in [3.8, 4) is 17.2 Å². The smallest absolute Gasteiger partial charge is 0.356 e. The molecular weight excluding hydrogens is 1960 g/mol. The molecule has 12 saturated carbocycles. The molecule has 29 heteroatoms. The van der Waals surface area contributed by atoms with Gasteiger partial charge in [-0.2, -0.15) is 0 Å². The number of esters is 2. The third-order valence-corrected chi connectivity index (χ3v) is 39.9. The number of carboxylic acid groups (broad SMARTS) is 3. The predicted octanol–water partition coefficient (Wildman–Crippen LogP) is 24.0. The fraction of sp³-hybridized carbons (Fsp3) is 0.683. The van der Waals surface area contributed by atoms with Gasteiger partial charge in [-0.15, -0.1) is 0 Å². The Labute approximate surface area is 888 Å². The highest BCUT2D eigenvalue weighted by molar-refractivity contribution is 9.09. The van der Waals surface area contributed by atoms with Gasteiger partial charge >= 0.3 is 29.8 Å². The highest BCUT2D eigenvalue weighted by atomic mass is 79.9. The molecular formula is C120H166BrN5O23. The van der Waals surface area contributed by atoms with E-state index in [2.05, 4.69) is 127 Å². The number of hydrogen-bond donors (Lipinski definition) is 5. The van der Waals surface area contributed by atoms with Gasteiger partial charge in [0.1, 0.15) is 28.6 Å². The average molecular weight is 2130 g/mol. The number of rotatable bonds is 23. The molecule has 5 aromatic rings. The van der Waals surface area contributed by atoms with Gasteiger partial charge in [0.15, 0.2) is 53.1 Å². The first-order valence-corrected chi connectivity index (χ1v) is 56.9. The summed E-state index contributed by atoms with van der Waals surface area (Å²) in [5, 5.41) is 27.8. The van der Waals surface area contributed by atoms with E-state index in [4.69, 9.17) is 61.9 Å². The van der Waals surface area contributed by atoms with Crippen LogP contribution in [0, 0.1) is 114 Å². The molecule has 5 N–H and O–H groups in total. The van der Waals surface area contributed by atoms with Gasteiger partial charge in [0, 0.05) is 124 Å². The van der Waals surface area contributed by atoms with Gasteiger partial charge in [-0.05, 0) is 267 Å². The number of H-pyrrole nitrogens is 2. The van der Waals surface area contributed by atoms with E-state index < -0.39 is 29.8 Å². The van der Waals surface area contributed by atoms with E-state index in [1.807, 2.05) is 0 Å². The second-order valence-corrected chi connectivity index (χ2v) is 48.9. The SMILES string of the molecule is C=C1CCC2[C@]3(C)CO[C@@H](C4CCCC4)O[C@@H]3CC[C@@]2(C)[C@@H]1CCBr.C=C1CCC2[C@]3(C)CO[C@@H](C4CCCC4)O[C@@H]3CC[C@@]2(C)[C@@H]1CCOc1ccnc(C(=O)O)c1.C=C1CCC2[C@]3(C)CO[C@@H](C4CCCC4)O[C@@H]3CC[C@@]2(C)[C@@H]1CCOc1ccnc(C(=O)O)c1.C=C1CCC2[C@]3(C)CO[C@@H](C4CCCC4)O[C@@H]3CC[C@@]2(C)[C@@H]1CCOc1ccnc(C(=O)OC)c1.COC(=O)c1cc(=O)cc[nH]1.O=C(O)c1cc(=O)cc[nH]1. The molecule has 16 aliphatic rings. The zero-order valence-corrected chi connectivity index (χ0v) is 91.5. The van der Waals surface area contributed by atoms with Gasteiger partial charge in [0.05, 0.1) is 84.9 Å². The number of aromatic amines is 2. The number of nitrogens with zero attached hydrogens (tertiary/aromatic N) is 3. The minimum atomic E-state index is -1.13. The molecule has 0 aromatic carbocycles. The highest BCUT2D eigenvalue weighted by Crippen LogP contribution is 2.69. The lowest BCUT2D eigenvalue weighted by atomic mass is 9.46. The van der Waals surface area contributed by atoms with E-state index in [1.54, 1.807) is 30.5 Å². The number of carboxylic acids is 3. The van der Waals surface area contributed by atoms with Crippen molar-refractivity contribution in [2.45, 2.75) is 336 Å². The first kappa shape index (κ1) is 113. The van der Waals surface area contributed by atoms with E-state index in [-0.39, 0.29) is 121 Å². The summed E-state index contributed by atoms with van der Waals surface area (Å²) in [5.41, 5.74) is 6.39. The molecule has 4 aliphatic heterocycles. The minimum Gasteiger partial charge on any atom is -0.493 e. The largest absolute Gasteiger partial charge is 0.493 e. The van der Waals surface area contributed by atoms with Crippen LogP contribution < -0.4 is 25.1 Å². The number of carbonyl (C=O) groups excluding carboxylic acids is 2. The quantitative estimate of drug-likeness (QED) is 0.0230. The van der Waals surface area contributed by atoms with Crippen LogP contribution in [-0.2, 0) is 47.4 Å². The Morgan fingerprint density at radius 1 is 0.362 bits per heavy atom. The molecule has 9 heterocycles. The van der Waals surface area contributed by atoms with E-state index >= 15 is 0 Å². The number of aromatic nitrogens is 5. The lowest BCUT2D eigenvalue weighted by molar-refractivity contribution is -0.316. The molecule has 0 bridgehead atoms. The first-order valence-electron chi connectivity index (χ1n) is 55.8. The van der Waals surface area contributed by atoms with Gasteiger partial charge in [-0.25, -0.2) is 38.9 Å². The van der Waals surface area contributed by atoms with Crippen molar-refractivity contribution >= 4 is 45.8 Å². The van der Waals surface area contributed by atoms with Crippen molar-refractivity contribution in [3.63, 3.8) is 0 Å². The molecule has 4 unspecified atom stereocenters.